The summed E-state index contributed by atoms with van der Waals surface area (Å²) in [5.41, 5.74) is 2.92. The summed E-state index contributed by atoms with van der Waals surface area (Å²) < 4.78 is 6.89. The number of urea groups is 1. The van der Waals surface area contributed by atoms with Gasteiger partial charge in [0.05, 0.1) is 6.54 Å². The number of hydrogen-bond donors (Lipinski definition) is 2. The van der Waals surface area contributed by atoms with Gasteiger partial charge in [-0.25, -0.2) is 19.1 Å². The summed E-state index contributed by atoms with van der Waals surface area (Å²) >= 11 is 0. The van der Waals surface area contributed by atoms with E-state index in [-0.39, 0.29) is 11.9 Å². The quantitative estimate of drug-likeness (QED) is 0.227. The van der Waals surface area contributed by atoms with Crippen molar-refractivity contribution in [2.75, 3.05) is 6.54 Å². The van der Waals surface area contributed by atoms with Crippen LogP contribution < -0.4 is 17.0 Å². The normalized spacial score (nSPS) is 16.9. The van der Waals surface area contributed by atoms with Gasteiger partial charge in [0.1, 0.15) is 18.1 Å². The van der Waals surface area contributed by atoms with Crippen molar-refractivity contribution in [2.45, 2.75) is 78.2 Å². The molecule has 1 aromatic carbocycles. The van der Waals surface area contributed by atoms with E-state index in [1.165, 1.54) is 18.7 Å². The molecular formula is C31H38N6O9. The molecule has 46 heavy (non-hydrogen) atoms. The fraction of sp³-hybridized carbons (Fsp3) is 0.484. The van der Waals surface area contributed by atoms with Crippen molar-refractivity contribution >= 4 is 40.6 Å². The number of carbonyl (C=O) groups excluding carboxylic acids is 4. The van der Waals surface area contributed by atoms with Crippen LogP contribution in [0.25, 0.3) is 11.1 Å². The molecule has 3 amide bonds. The van der Waals surface area contributed by atoms with Crippen molar-refractivity contribution < 1.29 is 33.5 Å². The van der Waals surface area contributed by atoms with Crippen LogP contribution in [0.1, 0.15) is 58.1 Å². The number of hydrogen-bond acceptors (Lipinski definition) is 10. The maximum absolute atomic E-state index is 14.7. The number of fused-ring (bicyclic) bond motifs is 1. The zero-order valence-electron chi connectivity index (χ0n) is 26.3. The first kappa shape index (κ1) is 34.0. The summed E-state index contributed by atoms with van der Waals surface area (Å²) in [6, 6.07) is 5.02. The zero-order chi connectivity index (χ0) is 34.1. The van der Waals surface area contributed by atoms with Crippen LogP contribution in [0.4, 0.5) is 4.79 Å². The van der Waals surface area contributed by atoms with Crippen molar-refractivity contribution in [3.63, 3.8) is 0 Å². The van der Waals surface area contributed by atoms with Crippen LogP contribution in [0.15, 0.2) is 50.5 Å². The van der Waals surface area contributed by atoms with Crippen molar-refractivity contribution in [2.24, 2.45) is 17.6 Å². The Hall–Kier alpha value is -4.92. The number of amides is 3. The molecule has 1 fully saturated rings. The second kappa shape index (κ2) is 13.2. The summed E-state index contributed by atoms with van der Waals surface area (Å²) in [4.78, 5) is 99.8. The van der Waals surface area contributed by atoms with Crippen LogP contribution in [0.2, 0.25) is 0 Å². The number of carbonyl (C=O) groups is 5. The number of likely N-dealkylation sites (tertiary alicyclic amines) is 1. The number of Topliss-reactive ketones (excluding diaryl/α,β-unsaturated/α-hetero) is 2. The van der Waals surface area contributed by atoms with Gasteiger partial charge in [-0.05, 0) is 43.7 Å². The van der Waals surface area contributed by atoms with Crippen molar-refractivity contribution in [3.05, 3.63) is 63.3 Å². The number of para-hydroxylation sites is 2. The first-order chi connectivity index (χ1) is 21.6. The third-order valence-corrected chi connectivity index (χ3v) is 8.38. The molecule has 3 aromatic rings. The van der Waals surface area contributed by atoms with Gasteiger partial charge in [-0.2, -0.15) is 0 Å². The van der Waals surface area contributed by atoms with Gasteiger partial charge in [-0.1, -0.05) is 39.8 Å². The molecule has 1 aliphatic rings. The highest BCUT2D eigenvalue weighted by Gasteiger charge is 2.53. The molecule has 0 bridgehead atoms. The van der Waals surface area contributed by atoms with Gasteiger partial charge in [0.15, 0.2) is 16.9 Å². The number of carboxylic acid groups (broad SMARTS) is 1. The minimum atomic E-state index is -2.44. The third-order valence-electron chi connectivity index (χ3n) is 8.38. The second-order valence-corrected chi connectivity index (χ2v) is 12.2. The van der Waals surface area contributed by atoms with Gasteiger partial charge < -0.3 is 20.2 Å². The van der Waals surface area contributed by atoms with Crippen LogP contribution in [-0.4, -0.2) is 82.7 Å². The molecule has 3 heterocycles. The van der Waals surface area contributed by atoms with Gasteiger partial charge in [0.2, 0.25) is 5.78 Å². The van der Waals surface area contributed by atoms with E-state index < -0.39 is 77.2 Å². The Morgan fingerprint density at radius 3 is 2.33 bits per heavy atom. The minimum Gasteiger partial charge on any atom is -0.480 e. The summed E-state index contributed by atoms with van der Waals surface area (Å²) in [5.74, 6) is -6.34. The number of nitrogens with two attached hydrogens (primary N) is 1. The molecule has 4 rings (SSSR count). The van der Waals surface area contributed by atoms with Crippen molar-refractivity contribution in [1.82, 2.24) is 23.9 Å². The molecule has 0 spiro atoms. The molecule has 15 nitrogen and oxygen atoms in total. The van der Waals surface area contributed by atoms with Gasteiger partial charge in [-0.15, -0.1) is 0 Å². The van der Waals surface area contributed by atoms with E-state index in [4.69, 9.17) is 15.3 Å². The Balaban J connectivity index is 1.82. The number of oxazole rings is 1. The summed E-state index contributed by atoms with van der Waals surface area (Å²) in [6.07, 6.45) is 2.31. The molecule has 3 N–H and O–H groups in total. The highest BCUT2D eigenvalue weighted by atomic mass is 16.4. The molecule has 1 saturated heterocycles. The van der Waals surface area contributed by atoms with E-state index in [0.29, 0.717) is 35.1 Å². The van der Waals surface area contributed by atoms with E-state index in [9.17, 15) is 33.6 Å². The Labute approximate surface area is 263 Å². The van der Waals surface area contributed by atoms with E-state index in [0.717, 1.165) is 21.7 Å². The van der Waals surface area contributed by atoms with Gasteiger partial charge in [0, 0.05) is 24.8 Å². The molecule has 1 aliphatic heterocycles. The predicted molar refractivity (Wildman–Crippen MR) is 164 cm³/mol. The first-order valence-corrected chi connectivity index (χ1v) is 15.0. The van der Waals surface area contributed by atoms with Crippen molar-refractivity contribution in [3.8, 4) is 0 Å². The van der Waals surface area contributed by atoms with Gasteiger partial charge in [-0.3, -0.25) is 33.4 Å². The Bertz CT molecular complexity index is 1770. The highest BCUT2D eigenvalue weighted by Crippen LogP contribution is 2.29. The number of nitrogens with zero attached hydrogens (tertiary/aromatic N) is 5. The number of aliphatic carboxylic acids is 1. The fourth-order valence-corrected chi connectivity index (χ4v) is 5.64. The molecule has 0 aliphatic carbocycles. The molecule has 0 saturated carbocycles. The first-order valence-electron chi connectivity index (χ1n) is 15.0. The van der Waals surface area contributed by atoms with Crippen molar-refractivity contribution in [1.29, 1.82) is 0 Å². The smallest absolute Gasteiger partial charge is 0.331 e. The minimum absolute atomic E-state index is 0.272. The van der Waals surface area contributed by atoms with E-state index >= 15 is 0 Å². The average molecular weight is 639 g/mol. The molecule has 0 unspecified atom stereocenters. The molecule has 15 heteroatoms. The van der Waals surface area contributed by atoms with Crippen LogP contribution in [0, 0.1) is 11.8 Å². The molecule has 0 radical (unpaired) electrons. The number of imide groups is 1. The largest absolute Gasteiger partial charge is 0.480 e. The SMILES string of the molecule is CC(C)[C@@H](C(=O)c1nc2ccccc2o1)N(C(=O)N1CCC[C@H]1C)C(=O)[C@](N)(C(=O)Cn1ccc(=O)n(CC(=O)O)c1=O)C(C)C. The van der Waals surface area contributed by atoms with Crippen LogP contribution in [0.5, 0.6) is 0 Å². The molecule has 246 valence electrons. The van der Waals surface area contributed by atoms with E-state index in [2.05, 4.69) is 4.98 Å². The molecule has 3 atom stereocenters. The highest BCUT2D eigenvalue weighted by molar-refractivity contribution is 6.16. The number of ketones is 2. The monoisotopic (exact) mass is 638 g/mol. The standard InChI is InChI=1S/C31H38N6O9/c1-17(2)25(26(42)27-33-20-10-6-7-11-21(20)46-27)37(30(45)35-13-8-9-19(35)5)28(43)31(32,18(3)4)22(38)15-34-14-12-23(39)36(29(34)44)16-24(40)41/h6-7,10-12,14,17-19,25H,8-9,13,15-16,32H2,1-5H3,(H,40,41)/t19-,25+,31-/m1/s1. The lowest BCUT2D eigenvalue weighted by molar-refractivity contribution is -0.145. The van der Waals surface area contributed by atoms with Crippen LogP contribution in [-0.2, 0) is 27.5 Å². The average Bonchev–Trinajstić information content (AvgIpc) is 3.63. The Morgan fingerprint density at radius 1 is 1.09 bits per heavy atom. The van der Waals surface area contributed by atoms with Crippen LogP contribution >= 0.6 is 0 Å². The predicted octanol–water partition coefficient (Wildman–Crippen LogP) is 1.50. The Morgan fingerprint density at radius 2 is 1.76 bits per heavy atom. The Kier molecular flexibility index (Phi) is 9.75. The summed E-state index contributed by atoms with van der Waals surface area (Å²) in [5, 5.41) is 9.13. The number of carboxylic acids is 1. The summed E-state index contributed by atoms with van der Waals surface area (Å²) in [7, 11) is 0. The lowest BCUT2D eigenvalue weighted by Crippen LogP contribution is -2.69. The number of aromatic nitrogens is 3. The number of rotatable bonds is 11. The van der Waals surface area contributed by atoms with Crippen LogP contribution in [0.3, 0.4) is 0 Å². The molecule has 2 aromatic heterocycles. The van der Waals surface area contributed by atoms with Gasteiger partial charge in [0.25, 0.3) is 17.4 Å². The van der Waals surface area contributed by atoms with E-state index in [1.54, 1.807) is 38.1 Å². The molecular weight excluding hydrogens is 600 g/mol. The lowest BCUT2D eigenvalue weighted by Gasteiger charge is -2.41. The maximum Gasteiger partial charge on any atom is 0.331 e. The van der Waals surface area contributed by atoms with E-state index in [1.807, 2.05) is 6.92 Å². The zero-order valence-corrected chi connectivity index (χ0v) is 26.3. The third kappa shape index (κ3) is 6.27. The maximum atomic E-state index is 14.7. The topological polar surface area (TPSA) is 208 Å². The number of benzene rings is 1. The summed E-state index contributed by atoms with van der Waals surface area (Å²) in [6.45, 7) is 6.57. The van der Waals surface area contributed by atoms with Gasteiger partial charge >= 0.3 is 17.7 Å². The lowest BCUT2D eigenvalue weighted by atomic mass is 9.80. The second-order valence-electron chi connectivity index (χ2n) is 12.2. The fourth-order valence-electron chi connectivity index (χ4n) is 5.64.